The zero-order valence-electron chi connectivity index (χ0n) is 11.7. The number of anilines is 1. The molecule has 1 rings (SSSR count). The van der Waals surface area contributed by atoms with Gasteiger partial charge in [-0.2, -0.15) is 0 Å². The number of carboxylic acids is 1. The molecule has 0 aliphatic rings. The highest BCUT2D eigenvalue weighted by atomic mass is 35.5. The molecule has 0 fully saturated rings. The summed E-state index contributed by atoms with van der Waals surface area (Å²) < 4.78 is 4.77. The highest BCUT2D eigenvalue weighted by molar-refractivity contribution is 6.31. The summed E-state index contributed by atoms with van der Waals surface area (Å²) in [5.74, 6) is -1.20. The summed E-state index contributed by atoms with van der Waals surface area (Å²) >= 11 is 5.73. The number of aromatic carboxylic acids is 1. The van der Waals surface area contributed by atoms with Crippen LogP contribution in [0.3, 0.4) is 0 Å². The molecule has 0 heterocycles. The Bertz CT molecular complexity index is 523. The Morgan fingerprint density at radius 2 is 2.14 bits per heavy atom. The lowest BCUT2D eigenvalue weighted by atomic mass is 10.2. The van der Waals surface area contributed by atoms with E-state index in [2.05, 4.69) is 5.32 Å². The molecular formula is C13H17ClN2O5. The number of carboxylic acid groups (broad SMARTS) is 1. The first-order chi connectivity index (χ1) is 9.85. The Morgan fingerprint density at radius 3 is 2.71 bits per heavy atom. The van der Waals surface area contributed by atoms with Gasteiger partial charge in [0.2, 0.25) is 0 Å². The second kappa shape index (κ2) is 7.82. The van der Waals surface area contributed by atoms with Crippen LogP contribution in [0, 0.1) is 0 Å². The standard InChI is InChI=1S/C13H17ClN2O5/c1-16(6-9(17)7-21-2)13(20)15-11-4-3-8(14)5-10(11)12(18)19/h3-5,9,17H,6-7H2,1-2H3,(H,15,20)(H,18,19). The van der Waals surface area contributed by atoms with Crippen LogP contribution in [0.15, 0.2) is 18.2 Å². The lowest BCUT2D eigenvalue weighted by Gasteiger charge is -2.21. The highest BCUT2D eigenvalue weighted by Crippen LogP contribution is 2.21. The third kappa shape index (κ3) is 5.22. The second-order valence-electron chi connectivity index (χ2n) is 4.41. The van der Waals surface area contributed by atoms with Crippen LogP contribution in [-0.2, 0) is 4.74 Å². The summed E-state index contributed by atoms with van der Waals surface area (Å²) in [7, 11) is 2.92. The van der Waals surface area contributed by atoms with Gasteiger partial charge in [-0.1, -0.05) is 11.6 Å². The third-order valence-corrected chi connectivity index (χ3v) is 2.88. The SMILES string of the molecule is COCC(O)CN(C)C(=O)Nc1ccc(Cl)cc1C(=O)O. The van der Waals surface area contributed by atoms with Crippen molar-refractivity contribution >= 4 is 29.3 Å². The second-order valence-corrected chi connectivity index (χ2v) is 4.85. The summed E-state index contributed by atoms with van der Waals surface area (Å²) in [5.41, 5.74) is 0.0201. The maximum atomic E-state index is 11.9. The van der Waals surface area contributed by atoms with Gasteiger partial charge < -0.3 is 25.2 Å². The minimum absolute atomic E-state index is 0.0513. The van der Waals surface area contributed by atoms with E-state index in [1.165, 1.54) is 37.3 Å². The number of hydrogen-bond acceptors (Lipinski definition) is 4. The van der Waals surface area contributed by atoms with Gasteiger partial charge in [-0.3, -0.25) is 0 Å². The van der Waals surface area contributed by atoms with Gasteiger partial charge in [0.1, 0.15) is 0 Å². The topological polar surface area (TPSA) is 99.1 Å². The molecule has 0 radical (unpaired) electrons. The fourth-order valence-corrected chi connectivity index (χ4v) is 1.83. The maximum Gasteiger partial charge on any atom is 0.337 e. The number of likely N-dealkylation sites (N-methyl/N-ethyl adjacent to an activating group) is 1. The number of carbonyl (C=O) groups is 2. The smallest absolute Gasteiger partial charge is 0.337 e. The number of urea groups is 1. The number of methoxy groups -OCH3 is 1. The third-order valence-electron chi connectivity index (χ3n) is 2.64. The molecule has 1 aromatic rings. The van der Waals surface area contributed by atoms with Crippen molar-refractivity contribution in [3.63, 3.8) is 0 Å². The molecule has 1 aromatic carbocycles. The number of hydrogen-bond donors (Lipinski definition) is 3. The largest absolute Gasteiger partial charge is 0.478 e. The van der Waals surface area contributed by atoms with Gasteiger partial charge in [0.05, 0.1) is 30.5 Å². The fourth-order valence-electron chi connectivity index (χ4n) is 1.66. The number of halogens is 1. The van der Waals surface area contributed by atoms with Crippen LogP contribution in [0.1, 0.15) is 10.4 Å². The van der Waals surface area contributed by atoms with Gasteiger partial charge in [0.15, 0.2) is 0 Å². The van der Waals surface area contributed by atoms with Crippen LogP contribution in [0.25, 0.3) is 0 Å². The lowest BCUT2D eigenvalue weighted by Crippen LogP contribution is -2.39. The van der Waals surface area contributed by atoms with Crippen molar-refractivity contribution in [3.05, 3.63) is 28.8 Å². The molecule has 0 saturated carbocycles. The molecule has 7 nitrogen and oxygen atoms in total. The Hall–Kier alpha value is -1.83. The van der Waals surface area contributed by atoms with E-state index in [-0.39, 0.29) is 29.4 Å². The van der Waals surface area contributed by atoms with Crippen molar-refractivity contribution in [1.82, 2.24) is 4.90 Å². The predicted octanol–water partition coefficient (Wildman–Crippen LogP) is 1.51. The van der Waals surface area contributed by atoms with Crippen LogP contribution in [0.5, 0.6) is 0 Å². The molecule has 0 bridgehead atoms. The number of benzene rings is 1. The minimum atomic E-state index is -1.20. The van der Waals surface area contributed by atoms with Gasteiger partial charge in [0.25, 0.3) is 0 Å². The van der Waals surface area contributed by atoms with E-state index >= 15 is 0 Å². The zero-order valence-corrected chi connectivity index (χ0v) is 12.4. The number of nitrogens with one attached hydrogen (secondary N) is 1. The van der Waals surface area contributed by atoms with E-state index < -0.39 is 18.1 Å². The zero-order chi connectivity index (χ0) is 16.0. The molecule has 0 aliphatic heterocycles. The van der Waals surface area contributed by atoms with Gasteiger partial charge in [-0.05, 0) is 18.2 Å². The van der Waals surface area contributed by atoms with Crippen molar-refractivity contribution < 1.29 is 24.5 Å². The van der Waals surface area contributed by atoms with Crippen molar-refractivity contribution in [3.8, 4) is 0 Å². The molecule has 1 unspecified atom stereocenters. The van der Waals surface area contributed by atoms with Crippen LogP contribution < -0.4 is 5.32 Å². The minimum Gasteiger partial charge on any atom is -0.478 e. The summed E-state index contributed by atoms with van der Waals surface area (Å²) in [6.45, 7) is 0.147. The van der Waals surface area contributed by atoms with Crippen LogP contribution in [-0.4, -0.2) is 60.5 Å². The van der Waals surface area contributed by atoms with E-state index in [1.807, 2.05) is 0 Å². The van der Waals surface area contributed by atoms with Crippen molar-refractivity contribution in [2.45, 2.75) is 6.10 Å². The van der Waals surface area contributed by atoms with Gasteiger partial charge in [-0.25, -0.2) is 9.59 Å². The number of amides is 2. The van der Waals surface area contributed by atoms with E-state index in [4.69, 9.17) is 21.4 Å². The van der Waals surface area contributed by atoms with Crippen LogP contribution in [0.4, 0.5) is 10.5 Å². The quantitative estimate of drug-likeness (QED) is 0.739. The van der Waals surface area contributed by atoms with Crippen molar-refractivity contribution in [2.24, 2.45) is 0 Å². The molecule has 0 spiro atoms. The molecule has 8 heteroatoms. The van der Waals surface area contributed by atoms with Crippen molar-refractivity contribution in [1.29, 1.82) is 0 Å². The molecule has 21 heavy (non-hydrogen) atoms. The maximum absolute atomic E-state index is 11.9. The molecule has 0 aliphatic carbocycles. The highest BCUT2D eigenvalue weighted by Gasteiger charge is 2.17. The summed E-state index contributed by atoms with van der Waals surface area (Å²) in [6, 6.07) is 3.58. The number of ether oxygens (including phenoxy) is 1. The van der Waals surface area contributed by atoms with Crippen molar-refractivity contribution in [2.75, 3.05) is 32.6 Å². The number of carbonyl (C=O) groups excluding carboxylic acids is 1. The number of nitrogens with zero attached hydrogens (tertiary/aromatic N) is 1. The first-order valence-corrected chi connectivity index (χ1v) is 6.45. The Kier molecular flexibility index (Phi) is 6.41. The number of aliphatic hydroxyl groups excluding tert-OH is 1. The van der Waals surface area contributed by atoms with Gasteiger partial charge >= 0.3 is 12.0 Å². The number of aliphatic hydroxyl groups is 1. The first kappa shape index (κ1) is 17.2. The predicted molar refractivity (Wildman–Crippen MR) is 77.9 cm³/mol. The van der Waals surface area contributed by atoms with E-state index in [1.54, 1.807) is 0 Å². The first-order valence-electron chi connectivity index (χ1n) is 6.07. The van der Waals surface area contributed by atoms with E-state index in [0.717, 1.165) is 0 Å². The Balaban J connectivity index is 2.76. The molecule has 2 amide bonds. The normalized spacial score (nSPS) is 11.8. The monoisotopic (exact) mass is 316 g/mol. The lowest BCUT2D eigenvalue weighted by molar-refractivity contribution is 0.0501. The fraction of sp³-hybridized carbons (Fsp3) is 0.385. The van der Waals surface area contributed by atoms with Gasteiger partial charge in [-0.15, -0.1) is 0 Å². The van der Waals surface area contributed by atoms with E-state index in [9.17, 15) is 14.7 Å². The average Bonchev–Trinajstić information content (AvgIpc) is 2.40. The molecule has 0 aromatic heterocycles. The molecule has 116 valence electrons. The van der Waals surface area contributed by atoms with Crippen LogP contribution >= 0.6 is 11.6 Å². The van der Waals surface area contributed by atoms with E-state index in [0.29, 0.717) is 0 Å². The Labute approximate surface area is 127 Å². The number of rotatable bonds is 6. The Morgan fingerprint density at radius 1 is 1.48 bits per heavy atom. The summed E-state index contributed by atoms with van der Waals surface area (Å²) in [4.78, 5) is 24.3. The summed E-state index contributed by atoms with van der Waals surface area (Å²) in [6.07, 6.45) is -0.824. The molecule has 0 saturated heterocycles. The van der Waals surface area contributed by atoms with Crippen LogP contribution in [0.2, 0.25) is 5.02 Å². The average molecular weight is 317 g/mol. The molecule has 3 N–H and O–H groups in total. The van der Waals surface area contributed by atoms with Gasteiger partial charge in [0, 0.05) is 19.2 Å². The summed E-state index contributed by atoms with van der Waals surface area (Å²) in [5, 5.41) is 21.4. The molecular weight excluding hydrogens is 300 g/mol. The molecule has 1 atom stereocenters.